The van der Waals surface area contributed by atoms with Gasteiger partial charge in [0.05, 0.1) is 6.10 Å². The van der Waals surface area contributed by atoms with Crippen LogP contribution >= 0.6 is 0 Å². The van der Waals surface area contributed by atoms with Crippen molar-refractivity contribution in [2.75, 3.05) is 7.11 Å². The summed E-state index contributed by atoms with van der Waals surface area (Å²) in [7, 11) is 1.59. The van der Waals surface area contributed by atoms with E-state index in [0.717, 1.165) is 38.5 Å². The van der Waals surface area contributed by atoms with E-state index in [9.17, 15) is 20.1 Å². The summed E-state index contributed by atoms with van der Waals surface area (Å²) in [5, 5.41) is 35.9. The van der Waals surface area contributed by atoms with E-state index < -0.39 is 41.1 Å². The average molecular weight is 563 g/mol. The highest BCUT2D eigenvalue weighted by Crippen LogP contribution is 2.89. The lowest BCUT2D eigenvalue weighted by molar-refractivity contribution is -0.343. The summed E-state index contributed by atoms with van der Waals surface area (Å²) < 4.78 is 18.2. The van der Waals surface area contributed by atoms with Crippen molar-refractivity contribution >= 4 is 5.97 Å². The van der Waals surface area contributed by atoms with Gasteiger partial charge in [-0.1, -0.05) is 34.6 Å². The summed E-state index contributed by atoms with van der Waals surface area (Å²) in [6.45, 7) is 16.4. The predicted octanol–water partition coefficient (Wildman–Crippen LogP) is 4.84. The highest BCUT2D eigenvalue weighted by Gasteiger charge is 2.86. The van der Waals surface area contributed by atoms with E-state index in [2.05, 4.69) is 34.6 Å². The van der Waals surface area contributed by atoms with Crippen molar-refractivity contribution in [3.8, 4) is 0 Å². The molecule has 0 bridgehead atoms. The molecule has 6 rings (SSSR count). The van der Waals surface area contributed by atoms with Gasteiger partial charge in [-0.15, -0.1) is 0 Å². The summed E-state index contributed by atoms with van der Waals surface area (Å²) in [5.74, 6) is -1.54. The Balaban J connectivity index is 1.38. The normalized spacial score (nSPS) is 55.1. The van der Waals surface area contributed by atoms with Gasteiger partial charge in [0.1, 0.15) is 17.8 Å². The largest absolute Gasteiger partial charge is 0.457 e. The zero-order valence-corrected chi connectivity index (χ0v) is 26.3. The van der Waals surface area contributed by atoms with Crippen LogP contribution in [0.3, 0.4) is 0 Å². The van der Waals surface area contributed by atoms with Crippen molar-refractivity contribution in [2.24, 2.45) is 50.7 Å². The lowest BCUT2D eigenvalue weighted by atomic mass is 9.41. The van der Waals surface area contributed by atoms with Crippen LogP contribution in [0.1, 0.15) is 107 Å². The standard InChI is InChI=1S/C33H54O7/c1-18-16-20(25(39-19(2)34)28(5,6)38-9)40-33(37)24(18)29(7)14-15-32-17-31(32)13-12-23(35)27(3,4)21(31)10-11-22(32)30(29,8)26(33)36/h18,20-26,35-37H,10-17H2,1-9H3/t18-,20-,21+,22+,23+,24-,25+,26-,29-,30-,31-,32+,33?/m1/s1. The first-order chi connectivity index (χ1) is 18.4. The number of carbonyl (C=O) groups is 1. The van der Waals surface area contributed by atoms with Gasteiger partial charge in [-0.25, -0.2) is 0 Å². The molecule has 0 amide bonds. The number of methoxy groups -OCH3 is 1. The predicted molar refractivity (Wildman–Crippen MR) is 150 cm³/mol. The van der Waals surface area contributed by atoms with E-state index >= 15 is 0 Å². The van der Waals surface area contributed by atoms with Crippen LogP contribution in [0.4, 0.5) is 0 Å². The van der Waals surface area contributed by atoms with E-state index in [-0.39, 0.29) is 39.6 Å². The van der Waals surface area contributed by atoms with Crippen LogP contribution < -0.4 is 0 Å². The number of ether oxygens (including phenoxy) is 3. The first kappa shape index (κ1) is 29.3. The van der Waals surface area contributed by atoms with Crippen molar-refractivity contribution in [1.82, 2.24) is 0 Å². The molecule has 40 heavy (non-hydrogen) atoms. The zero-order chi connectivity index (χ0) is 29.5. The second-order valence-corrected chi connectivity index (χ2v) is 16.6. The summed E-state index contributed by atoms with van der Waals surface area (Å²) >= 11 is 0. The Morgan fingerprint density at radius 1 is 1.00 bits per heavy atom. The van der Waals surface area contributed by atoms with Gasteiger partial charge in [0.15, 0.2) is 11.9 Å². The summed E-state index contributed by atoms with van der Waals surface area (Å²) in [6, 6.07) is 0. The second-order valence-electron chi connectivity index (χ2n) is 16.6. The lowest BCUT2D eigenvalue weighted by Gasteiger charge is -2.63. The van der Waals surface area contributed by atoms with E-state index in [4.69, 9.17) is 14.2 Å². The van der Waals surface area contributed by atoms with Gasteiger partial charge in [0.2, 0.25) is 0 Å². The number of hydrogen-bond acceptors (Lipinski definition) is 7. The van der Waals surface area contributed by atoms with Crippen molar-refractivity contribution in [2.45, 2.75) is 143 Å². The molecule has 1 unspecified atom stereocenters. The molecule has 5 saturated carbocycles. The molecular formula is C33H54O7. The van der Waals surface area contributed by atoms with Crippen molar-refractivity contribution in [1.29, 1.82) is 0 Å². The van der Waals surface area contributed by atoms with Crippen LogP contribution in [0.2, 0.25) is 0 Å². The molecule has 3 N–H and O–H groups in total. The van der Waals surface area contributed by atoms with E-state index in [1.807, 2.05) is 13.8 Å². The molecule has 1 saturated heterocycles. The second kappa shape index (κ2) is 8.46. The van der Waals surface area contributed by atoms with Gasteiger partial charge in [-0.05, 0) is 105 Å². The SMILES string of the molecule is COC(C)(C)[C@@H](OC(C)=O)[C@H]1C[C@@H](C)[C@H]2C(O)(O1)[C@H](O)[C@@]1(C)[C@@H]3CC[C@H]4C(C)(C)[C@@H](O)CC[C@@]45C[C@@]35CC[C@]21C. The molecule has 1 heterocycles. The summed E-state index contributed by atoms with van der Waals surface area (Å²) in [4.78, 5) is 12.1. The molecule has 0 aromatic rings. The Bertz CT molecular complexity index is 1070. The minimum Gasteiger partial charge on any atom is -0.457 e. The first-order valence-corrected chi connectivity index (χ1v) is 15.9. The summed E-state index contributed by atoms with van der Waals surface area (Å²) in [6.07, 6.45) is 5.25. The maximum absolute atomic E-state index is 12.6. The maximum Gasteiger partial charge on any atom is 0.303 e. The zero-order valence-electron chi connectivity index (χ0n) is 26.3. The van der Waals surface area contributed by atoms with Crippen LogP contribution in [0.25, 0.3) is 0 Å². The van der Waals surface area contributed by atoms with E-state index in [1.165, 1.54) is 13.3 Å². The number of aliphatic hydroxyl groups excluding tert-OH is 2. The molecule has 0 aromatic carbocycles. The molecule has 6 aliphatic rings. The van der Waals surface area contributed by atoms with E-state index in [1.54, 1.807) is 7.11 Å². The minimum absolute atomic E-state index is 0.0539. The van der Waals surface area contributed by atoms with Gasteiger partial charge >= 0.3 is 5.97 Å². The van der Waals surface area contributed by atoms with Crippen LogP contribution in [0.15, 0.2) is 0 Å². The van der Waals surface area contributed by atoms with Crippen LogP contribution in [0.5, 0.6) is 0 Å². The molecular weight excluding hydrogens is 508 g/mol. The van der Waals surface area contributed by atoms with Gasteiger partial charge in [-0.3, -0.25) is 4.79 Å². The molecule has 7 nitrogen and oxygen atoms in total. The third-order valence-electron chi connectivity index (χ3n) is 14.7. The minimum atomic E-state index is -1.74. The number of carbonyl (C=O) groups excluding carboxylic acids is 1. The van der Waals surface area contributed by atoms with Crippen molar-refractivity contribution < 1.29 is 34.3 Å². The van der Waals surface area contributed by atoms with Gasteiger partial charge in [0.25, 0.3) is 0 Å². The lowest BCUT2D eigenvalue weighted by Crippen LogP contribution is -2.62. The number of esters is 1. The third kappa shape index (κ3) is 3.23. The van der Waals surface area contributed by atoms with Crippen molar-refractivity contribution in [3.63, 3.8) is 0 Å². The Morgan fingerprint density at radius 3 is 2.25 bits per heavy atom. The molecule has 1 aliphatic heterocycles. The molecule has 7 heteroatoms. The Kier molecular flexibility index (Phi) is 6.21. The molecule has 13 atom stereocenters. The quantitative estimate of drug-likeness (QED) is 0.421. The van der Waals surface area contributed by atoms with Crippen LogP contribution in [0, 0.1) is 50.7 Å². The van der Waals surface area contributed by atoms with Crippen LogP contribution in [-0.4, -0.2) is 64.2 Å². The molecule has 0 aromatic heterocycles. The Hall–Kier alpha value is -0.730. The number of hydrogen-bond donors (Lipinski definition) is 3. The molecule has 0 radical (unpaired) electrons. The molecule has 6 fully saturated rings. The average Bonchev–Trinajstić information content (AvgIpc) is 3.51. The highest BCUT2D eigenvalue weighted by atomic mass is 16.7. The highest BCUT2D eigenvalue weighted by molar-refractivity contribution is 5.66. The van der Waals surface area contributed by atoms with Gasteiger partial charge in [0, 0.05) is 25.4 Å². The number of rotatable bonds is 4. The fraction of sp³-hybridized carbons (Fsp3) is 0.970. The first-order valence-electron chi connectivity index (χ1n) is 15.9. The number of aliphatic hydroxyl groups is 3. The van der Waals surface area contributed by atoms with Gasteiger partial charge in [-0.2, -0.15) is 0 Å². The topological polar surface area (TPSA) is 105 Å². The fourth-order valence-electron chi connectivity index (χ4n) is 12.6. The Labute approximate surface area is 240 Å². The molecule has 2 spiro atoms. The molecule has 228 valence electrons. The van der Waals surface area contributed by atoms with Gasteiger partial charge < -0.3 is 29.5 Å². The fourth-order valence-corrected chi connectivity index (χ4v) is 12.6. The van der Waals surface area contributed by atoms with Crippen molar-refractivity contribution in [3.05, 3.63) is 0 Å². The smallest absolute Gasteiger partial charge is 0.303 e. The monoisotopic (exact) mass is 562 g/mol. The maximum atomic E-state index is 12.6. The number of fused-ring (bicyclic) bond motifs is 4. The van der Waals surface area contributed by atoms with Crippen LogP contribution in [-0.2, 0) is 19.0 Å². The molecule has 5 aliphatic carbocycles. The third-order valence-corrected chi connectivity index (χ3v) is 14.7. The van der Waals surface area contributed by atoms with E-state index in [0.29, 0.717) is 18.3 Å². The summed E-state index contributed by atoms with van der Waals surface area (Å²) in [5.41, 5.74) is -1.35. The Morgan fingerprint density at radius 2 is 1.62 bits per heavy atom.